The molecule has 0 spiro atoms. The lowest BCUT2D eigenvalue weighted by atomic mass is 10.1. The van der Waals surface area contributed by atoms with Gasteiger partial charge in [-0.1, -0.05) is 0 Å². The molecule has 0 amide bonds. The standard InChI is InChI=1S/5C6H12O6/c5*7-1-3(9)5(11)6(12)4(10)2-8/h5*3,5-9,11-12H,1-2H2. The van der Waals surface area contributed by atoms with Crippen molar-refractivity contribution in [3.63, 3.8) is 0 Å². The number of rotatable bonds is 25. The van der Waals surface area contributed by atoms with Gasteiger partial charge < -0.3 is 128 Å². The second kappa shape index (κ2) is 38.1. The number of carbonyl (C=O) groups excluding carboxylic acids is 5. The highest BCUT2D eigenvalue weighted by Gasteiger charge is 2.32. The Kier molecular flexibility index (Phi) is 42.1. The molecule has 15 unspecified atom stereocenters. The van der Waals surface area contributed by atoms with Crippen LogP contribution >= 0.6 is 0 Å². The first-order chi connectivity index (χ1) is 27.7. The molecule has 0 rings (SSSR count). The molecule has 0 aromatic carbocycles. The van der Waals surface area contributed by atoms with E-state index in [1.807, 2.05) is 0 Å². The van der Waals surface area contributed by atoms with Crippen molar-refractivity contribution < 1.29 is 152 Å². The van der Waals surface area contributed by atoms with Gasteiger partial charge in [0, 0.05) is 0 Å². The van der Waals surface area contributed by atoms with Gasteiger partial charge in [-0.05, 0) is 0 Å². The van der Waals surface area contributed by atoms with Crippen LogP contribution in [0.25, 0.3) is 0 Å². The van der Waals surface area contributed by atoms with Gasteiger partial charge >= 0.3 is 0 Å². The summed E-state index contributed by atoms with van der Waals surface area (Å²) >= 11 is 0. The summed E-state index contributed by atoms with van der Waals surface area (Å²) in [5.41, 5.74) is 0. The van der Waals surface area contributed by atoms with Gasteiger partial charge in [-0.25, -0.2) is 0 Å². The Hall–Kier alpha value is -2.65. The van der Waals surface area contributed by atoms with Gasteiger partial charge in [0.25, 0.3) is 0 Å². The largest absolute Gasteiger partial charge is 0.394 e. The Bertz CT molecular complexity index is 932. The maximum atomic E-state index is 10.5. The molecule has 25 N–H and O–H groups in total. The van der Waals surface area contributed by atoms with Crippen LogP contribution in [0, 0.1) is 0 Å². The highest BCUT2D eigenvalue weighted by atomic mass is 16.4. The third-order valence-electron chi connectivity index (χ3n) is 6.95. The fraction of sp³-hybridized carbons (Fsp3) is 0.833. The molecule has 0 aromatic heterocycles. The van der Waals surface area contributed by atoms with E-state index in [1.165, 1.54) is 0 Å². The number of Topliss-reactive ketones (excluding diaryl/α,β-unsaturated/α-hetero) is 5. The van der Waals surface area contributed by atoms with Crippen LogP contribution in [-0.2, 0) is 24.0 Å². The third-order valence-corrected chi connectivity index (χ3v) is 6.95. The molecule has 15 atom stereocenters. The van der Waals surface area contributed by atoms with Crippen molar-refractivity contribution in [2.24, 2.45) is 0 Å². The summed E-state index contributed by atoms with van der Waals surface area (Å²) < 4.78 is 0. The van der Waals surface area contributed by atoms with Gasteiger partial charge in [-0.15, -0.1) is 0 Å². The van der Waals surface area contributed by atoms with E-state index in [4.69, 9.17) is 128 Å². The maximum absolute atomic E-state index is 10.5. The number of aliphatic hydroxyl groups is 25. The van der Waals surface area contributed by atoms with Crippen LogP contribution in [-0.4, -0.2) is 314 Å². The minimum Gasteiger partial charge on any atom is -0.394 e. The fourth-order valence-electron chi connectivity index (χ4n) is 3.01. The highest BCUT2D eigenvalue weighted by molar-refractivity contribution is 5.86. The van der Waals surface area contributed by atoms with Gasteiger partial charge in [0.1, 0.15) is 125 Å². The summed E-state index contributed by atoms with van der Waals surface area (Å²) in [6.07, 6.45) is -26.1. The lowest BCUT2D eigenvalue weighted by Crippen LogP contribution is -2.44. The Labute approximate surface area is 338 Å². The molecule has 0 heterocycles. The average molecular weight is 901 g/mol. The van der Waals surface area contributed by atoms with Crippen molar-refractivity contribution in [1.82, 2.24) is 0 Å². The maximum Gasteiger partial charge on any atom is 0.189 e. The minimum atomic E-state index is -1.86. The molecule has 0 bridgehead atoms. The summed E-state index contributed by atoms with van der Waals surface area (Å²) in [5, 5.41) is 215. The van der Waals surface area contributed by atoms with Crippen LogP contribution in [0.15, 0.2) is 0 Å². The highest BCUT2D eigenvalue weighted by Crippen LogP contribution is 2.04. The number of carbonyl (C=O) groups is 5. The van der Waals surface area contributed by atoms with E-state index in [-0.39, 0.29) is 0 Å². The van der Waals surface area contributed by atoms with Crippen LogP contribution in [0.1, 0.15) is 0 Å². The molecular weight excluding hydrogens is 840 g/mol. The molecule has 0 saturated heterocycles. The van der Waals surface area contributed by atoms with E-state index in [0.29, 0.717) is 0 Å². The molecule has 30 heteroatoms. The second-order valence-electron chi connectivity index (χ2n) is 11.5. The molecule has 0 radical (unpaired) electrons. The molecule has 0 aromatic rings. The molecule has 0 fully saturated rings. The van der Waals surface area contributed by atoms with Crippen LogP contribution < -0.4 is 0 Å². The van der Waals surface area contributed by atoms with Gasteiger partial charge in [-0.3, -0.25) is 24.0 Å². The molecule has 60 heavy (non-hydrogen) atoms. The van der Waals surface area contributed by atoms with Crippen molar-refractivity contribution in [1.29, 1.82) is 0 Å². The minimum absolute atomic E-state index is 0.767. The quantitative estimate of drug-likeness (QED) is 0.0404. The zero-order valence-corrected chi connectivity index (χ0v) is 31.5. The first kappa shape index (κ1) is 66.4. The average Bonchev–Trinajstić information content (AvgIpc) is 3.28. The molecule has 0 aliphatic heterocycles. The number of hydrogen-bond acceptors (Lipinski definition) is 30. The van der Waals surface area contributed by atoms with E-state index < -0.39 is 187 Å². The van der Waals surface area contributed by atoms with E-state index in [0.717, 1.165) is 0 Å². The predicted octanol–water partition coefficient (Wildman–Crippen LogP) is -16.9. The zero-order chi connectivity index (χ0) is 48.6. The van der Waals surface area contributed by atoms with Crippen molar-refractivity contribution in [3.05, 3.63) is 0 Å². The monoisotopic (exact) mass is 900 g/mol. The first-order valence-electron chi connectivity index (χ1n) is 16.6. The van der Waals surface area contributed by atoms with Gasteiger partial charge in [0.15, 0.2) is 28.9 Å². The topological polar surface area (TPSA) is 591 Å². The summed E-state index contributed by atoms with van der Waals surface area (Å²) in [6.45, 7) is -8.44. The molecular formula is C30H60O30. The fourth-order valence-corrected chi connectivity index (χ4v) is 3.01. The Balaban J connectivity index is -0.000000210. The smallest absolute Gasteiger partial charge is 0.189 e. The van der Waals surface area contributed by atoms with Crippen LogP contribution in [0.3, 0.4) is 0 Å². The number of ketones is 5. The Morgan fingerprint density at radius 3 is 0.400 bits per heavy atom. The predicted molar refractivity (Wildman–Crippen MR) is 186 cm³/mol. The second-order valence-corrected chi connectivity index (χ2v) is 11.5. The summed E-state index contributed by atoms with van der Waals surface area (Å²) in [5.74, 6) is -5.02. The zero-order valence-electron chi connectivity index (χ0n) is 31.5. The van der Waals surface area contributed by atoms with Gasteiger partial charge in [-0.2, -0.15) is 0 Å². The van der Waals surface area contributed by atoms with Crippen molar-refractivity contribution in [2.45, 2.75) is 91.6 Å². The normalized spacial score (nSPS) is 18.4. The van der Waals surface area contributed by atoms with Crippen LogP contribution in [0.2, 0.25) is 0 Å². The summed E-state index contributed by atoms with van der Waals surface area (Å²) in [7, 11) is 0. The van der Waals surface area contributed by atoms with Crippen molar-refractivity contribution in [2.75, 3.05) is 66.1 Å². The molecule has 0 aliphatic rings. The third kappa shape index (κ3) is 27.3. The van der Waals surface area contributed by atoms with Crippen molar-refractivity contribution in [3.8, 4) is 0 Å². The van der Waals surface area contributed by atoms with Gasteiger partial charge in [0.2, 0.25) is 0 Å². The van der Waals surface area contributed by atoms with E-state index in [1.54, 1.807) is 0 Å². The lowest BCUT2D eigenvalue weighted by molar-refractivity contribution is -0.143. The SMILES string of the molecule is O=C(CO)C(O)C(O)C(O)CO.O=C(CO)C(O)C(O)C(O)CO.O=C(CO)C(O)C(O)C(O)CO.O=C(CO)C(O)C(O)C(O)CO.O=C(CO)C(O)C(O)C(O)CO. The number of aliphatic hydroxyl groups excluding tert-OH is 25. The van der Waals surface area contributed by atoms with E-state index in [2.05, 4.69) is 0 Å². The molecule has 0 aliphatic carbocycles. The molecule has 360 valence electrons. The van der Waals surface area contributed by atoms with E-state index >= 15 is 0 Å². The molecule has 0 saturated carbocycles. The Morgan fingerprint density at radius 2 is 0.333 bits per heavy atom. The summed E-state index contributed by atoms with van der Waals surface area (Å²) in [4.78, 5) is 52.6. The van der Waals surface area contributed by atoms with Crippen LogP contribution in [0.5, 0.6) is 0 Å². The van der Waals surface area contributed by atoms with Crippen LogP contribution in [0.4, 0.5) is 0 Å². The Morgan fingerprint density at radius 1 is 0.233 bits per heavy atom. The molecule has 30 nitrogen and oxygen atoms in total. The first-order valence-corrected chi connectivity index (χ1v) is 16.6. The van der Waals surface area contributed by atoms with E-state index in [9.17, 15) is 24.0 Å². The van der Waals surface area contributed by atoms with Gasteiger partial charge in [0.05, 0.1) is 33.0 Å². The van der Waals surface area contributed by atoms with Crippen molar-refractivity contribution >= 4 is 28.9 Å². The summed E-state index contributed by atoms with van der Waals surface area (Å²) in [6, 6.07) is 0. The lowest BCUT2D eigenvalue weighted by Gasteiger charge is -2.19. The number of hydrogen-bond donors (Lipinski definition) is 25.